The minimum absolute atomic E-state index is 0.120. The third-order valence-corrected chi connectivity index (χ3v) is 3.55. The van der Waals surface area contributed by atoms with Crippen LogP contribution in [0.15, 0.2) is 54.6 Å². The molecule has 5 heteroatoms. The lowest BCUT2D eigenvalue weighted by atomic mass is 9.98. The van der Waals surface area contributed by atoms with E-state index in [2.05, 4.69) is 5.32 Å². The van der Waals surface area contributed by atoms with Gasteiger partial charge in [-0.3, -0.25) is 4.79 Å². The molecule has 24 heavy (non-hydrogen) atoms. The van der Waals surface area contributed by atoms with Crippen LogP contribution in [0.3, 0.4) is 0 Å². The van der Waals surface area contributed by atoms with Crippen LogP contribution in [0, 0.1) is 5.82 Å². The minimum Gasteiger partial charge on any atom is -0.382 e. The first-order chi connectivity index (χ1) is 11.7. The number of amides is 1. The van der Waals surface area contributed by atoms with Crippen molar-refractivity contribution in [3.63, 3.8) is 0 Å². The minimum atomic E-state index is -0.321. The molecule has 0 fully saturated rings. The maximum Gasteiger partial charge on any atom is 0.223 e. The summed E-state index contributed by atoms with van der Waals surface area (Å²) in [7, 11) is 1.60. The second kappa shape index (κ2) is 9.80. The van der Waals surface area contributed by atoms with Gasteiger partial charge >= 0.3 is 0 Å². The Morgan fingerprint density at radius 3 is 2.33 bits per heavy atom. The van der Waals surface area contributed by atoms with E-state index < -0.39 is 0 Å². The zero-order valence-electron chi connectivity index (χ0n) is 13.7. The van der Waals surface area contributed by atoms with Gasteiger partial charge in [0.1, 0.15) is 5.82 Å². The fourth-order valence-electron chi connectivity index (χ4n) is 2.30. The molecular weight excluding hydrogens is 309 g/mol. The first-order valence-electron chi connectivity index (χ1n) is 7.87. The van der Waals surface area contributed by atoms with Crippen LogP contribution in [0.4, 0.5) is 4.39 Å². The summed E-state index contributed by atoms with van der Waals surface area (Å²) in [5.74, 6) is -0.422. The quantitative estimate of drug-likeness (QED) is 0.718. The fourth-order valence-corrected chi connectivity index (χ4v) is 2.30. The summed E-state index contributed by atoms with van der Waals surface area (Å²) in [6.45, 7) is 1.30. The number of carbonyl (C=O) groups is 1. The summed E-state index contributed by atoms with van der Waals surface area (Å²) in [6.07, 6.45) is 0.258. The number of halogens is 1. The lowest BCUT2D eigenvalue weighted by molar-refractivity contribution is -0.122. The maximum absolute atomic E-state index is 13.2. The van der Waals surface area contributed by atoms with Crippen LogP contribution in [0.1, 0.15) is 23.6 Å². The SMILES string of the molecule is COCCOCCC(=O)N[C@H](c1ccccc1)c1ccc(F)cc1. The Morgan fingerprint density at radius 1 is 1.00 bits per heavy atom. The van der Waals surface area contributed by atoms with Gasteiger partial charge in [0.05, 0.1) is 25.9 Å². The van der Waals surface area contributed by atoms with Crippen LogP contribution in [0.5, 0.6) is 0 Å². The molecule has 0 aliphatic rings. The molecule has 0 radical (unpaired) electrons. The van der Waals surface area contributed by atoms with Gasteiger partial charge in [0.25, 0.3) is 0 Å². The van der Waals surface area contributed by atoms with Crippen LogP contribution in [-0.4, -0.2) is 32.8 Å². The van der Waals surface area contributed by atoms with E-state index in [0.717, 1.165) is 11.1 Å². The van der Waals surface area contributed by atoms with Crippen molar-refractivity contribution in [2.24, 2.45) is 0 Å². The van der Waals surface area contributed by atoms with Crippen LogP contribution < -0.4 is 5.32 Å². The van der Waals surface area contributed by atoms with Gasteiger partial charge in [-0.05, 0) is 23.3 Å². The zero-order chi connectivity index (χ0) is 17.2. The number of ether oxygens (including phenoxy) is 2. The number of hydrogen-bond acceptors (Lipinski definition) is 3. The van der Waals surface area contributed by atoms with Crippen molar-refractivity contribution in [3.05, 3.63) is 71.5 Å². The summed E-state index contributed by atoms with van der Waals surface area (Å²) in [5.41, 5.74) is 1.77. The number of benzene rings is 2. The van der Waals surface area contributed by atoms with Gasteiger partial charge < -0.3 is 14.8 Å². The van der Waals surface area contributed by atoms with Gasteiger partial charge in [-0.15, -0.1) is 0 Å². The largest absolute Gasteiger partial charge is 0.382 e. The highest BCUT2D eigenvalue weighted by Gasteiger charge is 2.16. The van der Waals surface area contributed by atoms with Crippen molar-refractivity contribution in [2.75, 3.05) is 26.9 Å². The van der Waals surface area contributed by atoms with E-state index in [1.807, 2.05) is 30.3 Å². The Morgan fingerprint density at radius 2 is 1.67 bits per heavy atom. The Bertz CT molecular complexity index is 616. The summed E-state index contributed by atoms with van der Waals surface area (Å²) < 4.78 is 23.4. The standard InChI is InChI=1S/C19H22FNO3/c1-23-13-14-24-12-11-18(22)21-19(15-5-3-2-4-6-15)16-7-9-17(20)10-8-16/h2-10,19H,11-14H2,1H3,(H,21,22)/t19-/m1/s1. The lowest BCUT2D eigenvalue weighted by Crippen LogP contribution is -2.30. The summed E-state index contributed by atoms with van der Waals surface area (Å²) in [5, 5.41) is 2.99. The van der Waals surface area contributed by atoms with Crippen molar-refractivity contribution in [1.29, 1.82) is 0 Å². The Balaban J connectivity index is 2.01. The molecule has 2 aromatic rings. The molecule has 0 saturated carbocycles. The predicted octanol–water partition coefficient (Wildman–Crippen LogP) is 3.08. The molecule has 2 rings (SSSR count). The second-order valence-electron chi connectivity index (χ2n) is 5.32. The van der Waals surface area contributed by atoms with Gasteiger partial charge in [-0.25, -0.2) is 4.39 Å². The molecule has 0 bridgehead atoms. The highest BCUT2D eigenvalue weighted by molar-refractivity contribution is 5.77. The van der Waals surface area contributed by atoms with E-state index in [1.54, 1.807) is 19.2 Å². The van der Waals surface area contributed by atoms with Crippen LogP contribution >= 0.6 is 0 Å². The van der Waals surface area contributed by atoms with Gasteiger partial charge in [0.2, 0.25) is 5.91 Å². The van der Waals surface area contributed by atoms with Crippen molar-refractivity contribution in [2.45, 2.75) is 12.5 Å². The first-order valence-corrected chi connectivity index (χ1v) is 7.87. The molecule has 2 aromatic carbocycles. The van der Waals surface area contributed by atoms with Crippen LogP contribution in [-0.2, 0) is 14.3 Å². The van der Waals surface area contributed by atoms with Gasteiger partial charge in [-0.2, -0.15) is 0 Å². The maximum atomic E-state index is 13.2. The first kappa shape index (κ1) is 18.1. The Hall–Kier alpha value is -2.24. The molecule has 0 aliphatic heterocycles. The van der Waals surface area contributed by atoms with E-state index in [9.17, 15) is 9.18 Å². The number of nitrogens with one attached hydrogen (secondary N) is 1. The average molecular weight is 331 g/mol. The third-order valence-electron chi connectivity index (χ3n) is 3.55. The summed E-state index contributed by atoms with van der Waals surface area (Å²) in [6, 6.07) is 15.4. The zero-order valence-corrected chi connectivity index (χ0v) is 13.7. The second-order valence-corrected chi connectivity index (χ2v) is 5.32. The Labute approximate surface area is 141 Å². The average Bonchev–Trinajstić information content (AvgIpc) is 2.61. The predicted molar refractivity (Wildman–Crippen MR) is 90.1 cm³/mol. The summed E-state index contributed by atoms with van der Waals surface area (Å²) >= 11 is 0. The fraction of sp³-hybridized carbons (Fsp3) is 0.316. The van der Waals surface area contributed by atoms with Crippen LogP contribution in [0.25, 0.3) is 0 Å². The molecule has 1 atom stereocenters. The van der Waals surface area contributed by atoms with E-state index in [1.165, 1.54) is 12.1 Å². The third kappa shape index (κ3) is 5.76. The topological polar surface area (TPSA) is 47.6 Å². The molecular formula is C19H22FNO3. The number of methoxy groups -OCH3 is 1. The number of carbonyl (C=O) groups excluding carboxylic acids is 1. The highest BCUT2D eigenvalue weighted by atomic mass is 19.1. The monoisotopic (exact) mass is 331 g/mol. The Kier molecular flexibility index (Phi) is 7.39. The van der Waals surface area contributed by atoms with Gasteiger partial charge in [-0.1, -0.05) is 42.5 Å². The van der Waals surface area contributed by atoms with Crippen LogP contribution in [0.2, 0.25) is 0 Å². The normalized spacial score (nSPS) is 11.9. The number of hydrogen-bond donors (Lipinski definition) is 1. The molecule has 0 unspecified atom stereocenters. The van der Waals surface area contributed by atoms with E-state index >= 15 is 0 Å². The molecule has 4 nitrogen and oxygen atoms in total. The van der Waals surface area contributed by atoms with Crippen molar-refractivity contribution >= 4 is 5.91 Å². The van der Waals surface area contributed by atoms with Crippen molar-refractivity contribution in [3.8, 4) is 0 Å². The molecule has 0 aliphatic carbocycles. The summed E-state index contributed by atoms with van der Waals surface area (Å²) in [4.78, 5) is 12.2. The molecule has 1 amide bonds. The highest BCUT2D eigenvalue weighted by Crippen LogP contribution is 2.22. The van der Waals surface area contributed by atoms with E-state index in [0.29, 0.717) is 19.8 Å². The molecule has 1 N–H and O–H groups in total. The molecule has 0 saturated heterocycles. The van der Waals surface area contributed by atoms with E-state index in [4.69, 9.17) is 9.47 Å². The molecule has 0 heterocycles. The van der Waals surface area contributed by atoms with Gasteiger partial charge in [0.15, 0.2) is 0 Å². The van der Waals surface area contributed by atoms with Crippen molar-refractivity contribution in [1.82, 2.24) is 5.32 Å². The molecule has 0 aromatic heterocycles. The van der Waals surface area contributed by atoms with Gasteiger partial charge in [0, 0.05) is 13.5 Å². The number of rotatable bonds is 9. The smallest absolute Gasteiger partial charge is 0.223 e. The lowest BCUT2D eigenvalue weighted by Gasteiger charge is -2.20. The molecule has 0 spiro atoms. The van der Waals surface area contributed by atoms with E-state index in [-0.39, 0.29) is 24.2 Å². The van der Waals surface area contributed by atoms with Crippen molar-refractivity contribution < 1.29 is 18.7 Å². The molecule has 128 valence electrons.